The van der Waals surface area contributed by atoms with Crippen LogP contribution in [0.25, 0.3) is 0 Å². The van der Waals surface area contributed by atoms with Crippen LogP contribution in [0.1, 0.15) is 19.8 Å². The van der Waals surface area contributed by atoms with Crippen molar-refractivity contribution in [3.8, 4) is 0 Å². The summed E-state index contributed by atoms with van der Waals surface area (Å²) in [7, 11) is 0. The summed E-state index contributed by atoms with van der Waals surface area (Å²) in [6, 6.07) is 0. The molecule has 0 aromatic heterocycles. The molecule has 1 unspecified atom stereocenters. The minimum Gasteiger partial charge on any atom is -0.330 e. The molecule has 0 radical (unpaired) electrons. The molecule has 10 heavy (non-hydrogen) atoms. The van der Waals surface area contributed by atoms with E-state index in [2.05, 4.69) is 16.9 Å². The Morgan fingerprint density at radius 1 is 1.60 bits per heavy atom. The van der Waals surface area contributed by atoms with E-state index in [0.717, 1.165) is 12.8 Å². The zero-order chi connectivity index (χ0) is 7.45. The normalized spacial score (nSPS) is 29.8. The number of nitrogens with two attached hydrogens (primary N) is 1. The number of hydrogen-bond donors (Lipinski definition) is 1. The number of aliphatic imine (C=N–C) groups is 2. The zero-order valence-corrected chi connectivity index (χ0v) is 6.25. The Morgan fingerprint density at radius 2 is 2.40 bits per heavy atom. The lowest BCUT2D eigenvalue weighted by molar-refractivity contribution is 0.531. The van der Waals surface area contributed by atoms with Gasteiger partial charge < -0.3 is 5.73 Å². The van der Waals surface area contributed by atoms with E-state index >= 15 is 0 Å². The third-order valence-electron chi connectivity index (χ3n) is 1.89. The average Bonchev–Trinajstić information content (AvgIpc) is 2.39. The molecule has 1 heterocycles. The van der Waals surface area contributed by atoms with Gasteiger partial charge in [0.25, 0.3) is 0 Å². The van der Waals surface area contributed by atoms with E-state index in [4.69, 9.17) is 5.73 Å². The maximum absolute atomic E-state index is 5.43. The molecule has 0 fully saturated rings. The van der Waals surface area contributed by atoms with Crippen molar-refractivity contribution in [2.75, 3.05) is 6.54 Å². The molecule has 1 aliphatic rings. The van der Waals surface area contributed by atoms with E-state index in [1.807, 2.05) is 6.21 Å². The van der Waals surface area contributed by atoms with Gasteiger partial charge in [-0.15, -0.1) is 0 Å². The molecule has 0 aliphatic carbocycles. The summed E-state index contributed by atoms with van der Waals surface area (Å²) < 4.78 is 0. The van der Waals surface area contributed by atoms with E-state index in [0.29, 0.717) is 6.54 Å². The lowest BCUT2D eigenvalue weighted by atomic mass is 9.95. The van der Waals surface area contributed by atoms with Gasteiger partial charge in [-0.25, -0.2) is 4.99 Å². The topological polar surface area (TPSA) is 50.7 Å². The first-order valence-electron chi connectivity index (χ1n) is 3.61. The summed E-state index contributed by atoms with van der Waals surface area (Å²) in [6.45, 7) is 2.78. The minimum atomic E-state index is -0.0608. The molecule has 0 aromatic rings. The molecule has 0 saturated heterocycles. The summed E-state index contributed by atoms with van der Waals surface area (Å²) in [4.78, 5) is 8.20. The highest BCUT2D eigenvalue weighted by molar-refractivity contribution is 5.85. The van der Waals surface area contributed by atoms with Gasteiger partial charge in [0.1, 0.15) is 6.34 Å². The standard InChI is InChI=1S/C7H13N3/c1-2-7(3-4-8)5-9-6-10-7/h5-6H,2-4,8H2,1H3. The SMILES string of the molecule is CCC1(CCN)C=NC=N1. The fourth-order valence-electron chi connectivity index (χ4n) is 1.09. The molecule has 0 bridgehead atoms. The van der Waals surface area contributed by atoms with Gasteiger partial charge >= 0.3 is 0 Å². The van der Waals surface area contributed by atoms with Crippen LogP contribution in [0.3, 0.4) is 0 Å². The highest BCUT2D eigenvalue weighted by Gasteiger charge is 2.25. The summed E-state index contributed by atoms with van der Waals surface area (Å²) in [5.41, 5.74) is 5.37. The Kier molecular flexibility index (Phi) is 2.17. The third kappa shape index (κ3) is 1.24. The van der Waals surface area contributed by atoms with Gasteiger partial charge in [-0.1, -0.05) is 6.92 Å². The van der Waals surface area contributed by atoms with E-state index in [1.165, 1.54) is 0 Å². The fourth-order valence-corrected chi connectivity index (χ4v) is 1.09. The van der Waals surface area contributed by atoms with Crippen molar-refractivity contribution >= 4 is 12.6 Å². The van der Waals surface area contributed by atoms with Crippen LogP contribution in [0.5, 0.6) is 0 Å². The monoisotopic (exact) mass is 139 g/mol. The van der Waals surface area contributed by atoms with Crippen molar-refractivity contribution in [2.24, 2.45) is 15.7 Å². The second-order valence-electron chi connectivity index (χ2n) is 2.52. The Bertz CT molecular complexity index is 148. The Hall–Kier alpha value is -0.700. The van der Waals surface area contributed by atoms with Crippen LogP contribution in [-0.2, 0) is 0 Å². The second-order valence-corrected chi connectivity index (χ2v) is 2.52. The van der Waals surface area contributed by atoms with E-state index < -0.39 is 0 Å². The molecule has 0 aromatic carbocycles. The summed E-state index contributed by atoms with van der Waals surface area (Å²) >= 11 is 0. The molecule has 0 amide bonds. The maximum atomic E-state index is 5.43. The van der Waals surface area contributed by atoms with Gasteiger partial charge in [0.05, 0.1) is 5.54 Å². The molecular formula is C7H13N3. The summed E-state index contributed by atoms with van der Waals surface area (Å²) in [5.74, 6) is 0. The maximum Gasteiger partial charge on any atom is 0.110 e. The van der Waals surface area contributed by atoms with Crippen LogP contribution in [0.4, 0.5) is 0 Å². The van der Waals surface area contributed by atoms with Crippen molar-refractivity contribution in [3.05, 3.63) is 0 Å². The number of hydrogen-bond acceptors (Lipinski definition) is 3. The van der Waals surface area contributed by atoms with Crippen molar-refractivity contribution in [1.82, 2.24) is 0 Å². The average molecular weight is 139 g/mol. The lowest BCUT2D eigenvalue weighted by Gasteiger charge is -2.18. The van der Waals surface area contributed by atoms with Crippen LogP contribution < -0.4 is 5.73 Å². The number of nitrogens with zero attached hydrogens (tertiary/aromatic N) is 2. The first-order chi connectivity index (χ1) is 4.83. The van der Waals surface area contributed by atoms with Gasteiger partial charge in [-0.2, -0.15) is 0 Å². The molecule has 2 N–H and O–H groups in total. The van der Waals surface area contributed by atoms with Gasteiger partial charge in [0, 0.05) is 6.21 Å². The molecule has 3 heteroatoms. The quantitative estimate of drug-likeness (QED) is 0.611. The van der Waals surface area contributed by atoms with Gasteiger partial charge in [0.2, 0.25) is 0 Å². The van der Waals surface area contributed by atoms with Crippen molar-refractivity contribution in [3.63, 3.8) is 0 Å². The van der Waals surface area contributed by atoms with E-state index in [-0.39, 0.29) is 5.54 Å². The van der Waals surface area contributed by atoms with E-state index in [9.17, 15) is 0 Å². The largest absolute Gasteiger partial charge is 0.330 e. The summed E-state index contributed by atoms with van der Waals surface area (Å²) in [6.07, 6.45) is 5.40. The highest BCUT2D eigenvalue weighted by Crippen LogP contribution is 2.19. The second kappa shape index (κ2) is 2.92. The van der Waals surface area contributed by atoms with Crippen LogP contribution in [0.2, 0.25) is 0 Å². The molecule has 1 aliphatic heterocycles. The molecule has 56 valence electrons. The molecule has 1 atom stereocenters. The predicted molar refractivity (Wildman–Crippen MR) is 43.7 cm³/mol. The van der Waals surface area contributed by atoms with Gasteiger partial charge in [-0.05, 0) is 19.4 Å². The van der Waals surface area contributed by atoms with Crippen molar-refractivity contribution in [1.29, 1.82) is 0 Å². The number of rotatable bonds is 3. The van der Waals surface area contributed by atoms with Crippen molar-refractivity contribution < 1.29 is 0 Å². The van der Waals surface area contributed by atoms with Crippen LogP contribution in [0.15, 0.2) is 9.98 Å². The molecule has 3 nitrogen and oxygen atoms in total. The summed E-state index contributed by atoms with van der Waals surface area (Å²) in [5, 5.41) is 0. The van der Waals surface area contributed by atoms with Crippen LogP contribution in [-0.4, -0.2) is 24.6 Å². The van der Waals surface area contributed by atoms with Gasteiger partial charge in [-0.3, -0.25) is 4.99 Å². The zero-order valence-electron chi connectivity index (χ0n) is 6.25. The minimum absolute atomic E-state index is 0.0608. The molecular weight excluding hydrogens is 126 g/mol. The molecule has 0 saturated carbocycles. The van der Waals surface area contributed by atoms with Gasteiger partial charge in [0.15, 0.2) is 0 Å². The van der Waals surface area contributed by atoms with E-state index in [1.54, 1.807) is 6.34 Å². The lowest BCUT2D eigenvalue weighted by Crippen LogP contribution is -2.28. The predicted octanol–water partition coefficient (Wildman–Crippen LogP) is 0.597. The highest BCUT2D eigenvalue weighted by atomic mass is 15.0. The Labute approximate surface area is 61.1 Å². The molecule has 0 spiro atoms. The molecule has 1 rings (SSSR count). The smallest absolute Gasteiger partial charge is 0.110 e. The van der Waals surface area contributed by atoms with Crippen LogP contribution >= 0.6 is 0 Å². The van der Waals surface area contributed by atoms with Crippen LogP contribution in [0, 0.1) is 0 Å². The Balaban J connectivity index is 2.60. The first-order valence-corrected chi connectivity index (χ1v) is 3.61. The fraction of sp³-hybridized carbons (Fsp3) is 0.714. The van der Waals surface area contributed by atoms with Crippen molar-refractivity contribution in [2.45, 2.75) is 25.3 Å². The Morgan fingerprint density at radius 3 is 2.80 bits per heavy atom. The first kappa shape index (κ1) is 7.41. The third-order valence-corrected chi connectivity index (χ3v) is 1.89.